The minimum Gasteiger partial charge on any atom is -0.456 e. The van der Waals surface area contributed by atoms with Crippen molar-refractivity contribution in [2.24, 2.45) is 0 Å². The summed E-state index contributed by atoms with van der Waals surface area (Å²) in [6.45, 7) is 42.1. The lowest BCUT2D eigenvalue weighted by Crippen LogP contribution is -2.56. The van der Waals surface area contributed by atoms with Crippen molar-refractivity contribution < 1.29 is 4.42 Å². The maximum atomic E-state index is 7.15. The van der Waals surface area contributed by atoms with Crippen molar-refractivity contribution in [2.75, 3.05) is 4.90 Å². The van der Waals surface area contributed by atoms with Gasteiger partial charge < -0.3 is 13.8 Å². The Hall–Kier alpha value is -5.22. The third-order valence-corrected chi connectivity index (χ3v) is 14.7. The molecule has 4 heteroatoms. The molecule has 0 amide bonds. The highest BCUT2D eigenvalue weighted by molar-refractivity contribution is 6.90. The molecule has 8 aromatic rings. The number of benzene rings is 6. The van der Waals surface area contributed by atoms with Gasteiger partial charge in [-0.2, -0.15) is 0 Å². The van der Waals surface area contributed by atoms with Crippen LogP contribution in [0.1, 0.15) is 158 Å². The lowest BCUT2D eigenvalue weighted by atomic mass is 9.44. The summed E-state index contributed by atoms with van der Waals surface area (Å²) in [5, 5.41) is 5.07. The molecule has 2 aromatic heterocycles. The highest BCUT2D eigenvalue weighted by Gasteiger charge is 2.45. The van der Waals surface area contributed by atoms with E-state index in [0.717, 1.165) is 11.2 Å². The Morgan fingerprint density at radius 3 is 1.50 bits per heavy atom. The average molecular weight is 845 g/mol. The second-order valence-corrected chi connectivity index (χ2v) is 25.7. The van der Waals surface area contributed by atoms with Gasteiger partial charge in [0.1, 0.15) is 11.2 Å². The summed E-state index contributed by atoms with van der Waals surface area (Å²) in [5.41, 5.74) is 21.1. The number of rotatable bonds is 1. The van der Waals surface area contributed by atoms with Crippen LogP contribution in [0.2, 0.25) is 0 Å². The van der Waals surface area contributed by atoms with E-state index < -0.39 is 0 Å². The van der Waals surface area contributed by atoms with E-state index in [9.17, 15) is 0 Å². The van der Waals surface area contributed by atoms with E-state index in [4.69, 9.17) is 4.42 Å². The van der Waals surface area contributed by atoms with Crippen LogP contribution in [0.4, 0.5) is 17.1 Å². The predicted molar refractivity (Wildman–Crippen MR) is 279 cm³/mol. The van der Waals surface area contributed by atoms with Crippen LogP contribution in [0.3, 0.4) is 0 Å². The van der Waals surface area contributed by atoms with Crippen LogP contribution in [0.15, 0.2) is 95.4 Å². The summed E-state index contributed by atoms with van der Waals surface area (Å²) in [6, 6.07) is 36.5. The molecule has 0 saturated heterocycles. The summed E-state index contributed by atoms with van der Waals surface area (Å²) in [6.07, 6.45) is 0. The maximum Gasteiger partial charge on any atom is 0.333 e. The van der Waals surface area contributed by atoms with E-state index in [1.165, 1.54) is 105 Å². The van der Waals surface area contributed by atoms with Crippen LogP contribution in [0.25, 0.3) is 54.9 Å². The molecule has 2 aliphatic heterocycles. The van der Waals surface area contributed by atoms with Gasteiger partial charge in [-0.3, -0.25) is 0 Å². The lowest BCUT2D eigenvalue weighted by Gasteiger charge is -2.42. The first-order chi connectivity index (χ1) is 29.5. The van der Waals surface area contributed by atoms with E-state index in [1.54, 1.807) is 0 Å². The van der Waals surface area contributed by atoms with Gasteiger partial charge in [0, 0.05) is 61.3 Å². The van der Waals surface area contributed by atoms with Crippen molar-refractivity contribution in [1.82, 2.24) is 4.48 Å². The lowest BCUT2D eigenvalue weighted by molar-refractivity contribution is 0.568. The average Bonchev–Trinajstić information content (AvgIpc) is 3.71. The number of anilines is 3. The van der Waals surface area contributed by atoms with Gasteiger partial charge in [-0.1, -0.05) is 155 Å². The molecule has 328 valence electrons. The summed E-state index contributed by atoms with van der Waals surface area (Å²) in [5.74, 6) is 0. The fourth-order valence-electron chi connectivity index (χ4n) is 10.6. The maximum absolute atomic E-state index is 7.15. The van der Waals surface area contributed by atoms with Crippen LogP contribution in [0.5, 0.6) is 0 Å². The van der Waals surface area contributed by atoms with Crippen LogP contribution in [0, 0.1) is 0 Å². The van der Waals surface area contributed by atoms with Crippen molar-refractivity contribution in [3.63, 3.8) is 0 Å². The predicted octanol–water partition coefficient (Wildman–Crippen LogP) is 15.9. The summed E-state index contributed by atoms with van der Waals surface area (Å²) >= 11 is 0. The fraction of sp³-hybridized carbons (Fsp3) is 0.400. The molecule has 4 heterocycles. The molecule has 0 saturated carbocycles. The molecule has 0 aliphatic carbocycles. The smallest absolute Gasteiger partial charge is 0.333 e. The van der Waals surface area contributed by atoms with Gasteiger partial charge in [-0.25, -0.2) is 0 Å². The molecule has 0 bridgehead atoms. The van der Waals surface area contributed by atoms with Crippen LogP contribution in [-0.4, -0.2) is 11.3 Å². The Bertz CT molecular complexity index is 3240. The van der Waals surface area contributed by atoms with Crippen LogP contribution in [-0.2, 0) is 32.5 Å². The molecule has 10 rings (SSSR count). The second-order valence-electron chi connectivity index (χ2n) is 25.7. The van der Waals surface area contributed by atoms with Gasteiger partial charge in [0.05, 0.1) is 0 Å². The van der Waals surface area contributed by atoms with Gasteiger partial charge in [-0.15, -0.1) is 0 Å². The standard InChI is InChI=1S/C60H69BN2O/c1-55(2,3)34-20-23-46-41(28-34)42-30-39(60(16,17)18)31-44-52-51-43-29-35(56(4,5)6)21-24-49(43)64-50(51)33-48-53(52)61(63(46)54(42)44)45-22-19-36(57(7,8)9)32-47(45)62(48)40-26-37(58(10,11)12)25-38(27-40)59(13,14)15/h19-33H,1-18H3. The Labute approximate surface area is 383 Å². The van der Waals surface area contributed by atoms with Gasteiger partial charge >= 0.3 is 6.85 Å². The van der Waals surface area contributed by atoms with Crippen molar-refractivity contribution in [2.45, 2.75) is 157 Å². The number of hydrogen-bond acceptors (Lipinski definition) is 2. The number of fused-ring (bicyclic) bond motifs is 11. The minimum atomic E-state index is -0.0812. The monoisotopic (exact) mass is 845 g/mol. The van der Waals surface area contributed by atoms with E-state index in [0.29, 0.717) is 0 Å². The van der Waals surface area contributed by atoms with E-state index in [2.05, 4.69) is 225 Å². The zero-order valence-corrected chi connectivity index (χ0v) is 42.0. The Balaban J connectivity index is 1.46. The molecule has 0 unspecified atom stereocenters. The molecule has 0 N–H and O–H groups in total. The SMILES string of the molecule is CC(C)(C)c1cc(N2c3cc(C(C)(C)C)ccc3B3c4c2cc2oc5ccc(C(C)(C)C)cc5c2c4-c2cc(C(C)(C)C)cc4c5cc(C(C)(C)C)ccc5n3c24)cc(C(C)(C)C)c1. The second kappa shape index (κ2) is 13.2. The quantitative estimate of drug-likeness (QED) is 0.154. The van der Waals surface area contributed by atoms with Crippen LogP contribution >= 0.6 is 0 Å². The molecule has 6 aromatic carbocycles. The summed E-state index contributed by atoms with van der Waals surface area (Å²) < 4.78 is 9.89. The van der Waals surface area contributed by atoms with Crippen molar-refractivity contribution in [3.05, 3.63) is 124 Å². The molecule has 2 aliphatic rings. The first kappa shape index (κ1) is 42.7. The van der Waals surface area contributed by atoms with Gasteiger partial charge in [-0.05, 0) is 137 Å². The Morgan fingerprint density at radius 1 is 0.422 bits per heavy atom. The molecule has 64 heavy (non-hydrogen) atoms. The Kier molecular flexibility index (Phi) is 8.81. The molecular weight excluding hydrogens is 775 g/mol. The zero-order valence-electron chi connectivity index (χ0n) is 42.0. The molecule has 3 nitrogen and oxygen atoms in total. The summed E-state index contributed by atoms with van der Waals surface area (Å²) in [7, 11) is 0. The molecule has 0 atom stereocenters. The Morgan fingerprint density at radius 2 is 0.922 bits per heavy atom. The third kappa shape index (κ3) is 6.43. The number of furan rings is 1. The van der Waals surface area contributed by atoms with Crippen molar-refractivity contribution in [1.29, 1.82) is 0 Å². The molecule has 0 spiro atoms. The third-order valence-electron chi connectivity index (χ3n) is 14.7. The largest absolute Gasteiger partial charge is 0.456 e. The van der Waals surface area contributed by atoms with Crippen LogP contribution < -0.4 is 15.8 Å². The van der Waals surface area contributed by atoms with E-state index in [1.807, 2.05) is 0 Å². The summed E-state index contributed by atoms with van der Waals surface area (Å²) in [4.78, 5) is 2.62. The normalized spacial score (nSPS) is 14.7. The van der Waals surface area contributed by atoms with Gasteiger partial charge in [0.15, 0.2) is 0 Å². The molecule has 0 radical (unpaired) electrons. The van der Waals surface area contributed by atoms with E-state index >= 15 is 0 Å². The van der Waals surface area contributed by atoms with Crippen molar-refractivity contribution in [3.8, 4) is 11.1 Å². The minimum absolute atomic E-state index is 0.00478. The number of aromatic nitrogens is 1. The van der Waals surface area contributed by atoms with Gasteiger partial charge in [0.25, 0.3) is 0 Å². The zero-order chi connectivity index (χ0) is 46.2. The molecule has 0 fully saturated rings. The highest BCUT2D eigenvalue weighted by Crippen LogP contribution is 2.52. The van der Waals surface area contributed by atoms with E-state index in [-0.39, 0.29) is 39.3 Å². The number of hydrogen-bond donors (Lipinski definition) is 0. The number of nitrogens with zero attached hydrogens (tertiary/aromatic N) is 2. The fourth-order valence-corrected chi connectivity index (χ4v) is 10.6. The van der Waals surface area contributed by atoms with Gasteiger partial charge in [0.2, 0.25) is 0 Å². The molecular formula is C60H69BN2O. The van der Waals surface area contributed by atoms with Crippen molar-refractivity contribution >= 4 is 78.6 Å². The first-order valence-electron chi connectivity index (χ1n) is 23.8. The first-order valence-corrected chi connectivity index (χ1v) is 23.8. The highest BCUT2D eigenvalue weighted by atomic mass is 16.3. The topological polar surface area (TPSA) is 21.3 Å².